The molecule has 5 nitrogen and oxygen atoms in total. The molecule has 1 aromatic heterocycles. The number of rotatable bonds is 5. The van der Waals surface area contributed by atoms with Gasteiger partial charge in [0, 0.05) is 24.3 Å². The van der Waals surface area contributed by atoms with Crippen molar-refractivity contribution in [1.82, 2.24) is 14.5 Å². The molecule has 3 aromatic rings. The van der Waals surface area contributed by atoms with Gasteiger partial charge in [0.05, 0.1) is 10.6 Å². The summed E-state index contributed by atoms with van der Waals surface area (Å²) in [6, 6.07) is 12.9. The maximum atomic E-state index is 12.6. The van der Waals surface area contributed by atoms with Crippen molar-refractivity contribution >= 4 is 20.8 Å². The minimum Gasteiger partial charge on any atom is -0.270 e. The van der Waals surface area contributed by atoms with Gasteiger partial charge in [-0.3, -0.25) is 4.68 Å². The maximum Gasteiger partial charge on any atom is 0.240 e. The first kappa shape index (κ1) is 16.7. The Bertz CT molecular complexity index is 991. The average molecular weight is 343 g/mol. The molecule has 24 heavy (non-hydrogen) atoms. The minimum atomic E-state index is -3.57. The summed E-state index contributed by atoms with van der Waals surface area (Å²) in [6.07, 6.45) is 0. The lowest BCUT2D eigenvalue weighted by molar-refractivity contribution is 0.581. The first-order chi connectivity index (χ1) is 11.4. The van der Waals surface area contributed by atoms with Crippen LogP contribution < -0.4 is 4.72 Å². The van der Waals surface area contributed by atoms with E-state index in [1.807, 2.05) is 55.8 Å². The first-order valence-corrected chi connectivity index (χ1v) is 9.42. The average Bonchev–Trinajstić information content (AvgIpc) is 2.86. The Morgan fingerprint density at radius 3 is 2.46 bits per heavy atom. The number of fused-ring (bicyclic) bond motifs is 1. The van der Waals surface area contributed by atoms with Crippen LogP contribution in [-0.4, -0.2) is 18.2 Å². The van der Waals surface area contributed by atoms with Crippen LogP contribution in [0.15, 0.2) is 47.4 Å². The molecule has 3 rings (SSSR count). The van der Waals surface area contributed by atoms with Crippen LogP contribution in [0.3, 0.4) is 0 Å². The van der Waals surface area contributed by atoms with Crippen molar-refractivity contribution in [1.29, 1.82) is 0 Å². The zero-order valence-corrected chi connectivity index (χ0v) is 14.9. The molecule has 1 N–H and O–H groups in total. The van der Waals surface area contributed by atoms with Gasteiger partial charge in [-0.05, 0) is 43.7 Å². The highest BCUT2D eigenvalue weighted by Gasteiger charge is 2.17. The number of nitrogens with one attached hydrogen (secondary N) is 1. The number of hydrogen-bond acceptors (Lipinski definition) is 3. The molecular weight excluding hydrogens is 322 g/mol. The summed E-state index contributed by atoms with van der Waals surface area (Å²) in [5, 5.41) is 6.35. The lowest BCUT2D eigenvalue weighted by Gasteiger charge is -2.08. The highest BCUT2D eigenvalue weighted by Crippen LogP contribution is 2.20. The van der Waals surface area contributed by atoms with Gasteiger partial charge < -0.3 is 0 Å². The van der Waals surface area contributed by atoms with Gasteiger partial charge in [0.25, 0.3) is 0 Å². The minimum absolute atomic E-state index is 0.243. The van der Waals surface area contributed by atoms with E-state index >= 15 is 0 Å². The zero-order valence-electron chi connectivity index (χ0n) is 14.1. The second-order valence-electron chi connectivity index (χ2n) is 5.80. The summed E-state index contributed by atoms with van der Waals surface area (Å²) in [5.74, 6) is 0. The van der Waals surface area contributed by atoms with E-state index in [4.69, 9.17) is 0 Å². The highest BCUT2D eigenvalue weighted by molar-refractivity contribution is 7.89. The third-order valence-electron chi connectivity index (χ3n) is 4.30. The summed E-state index contributed by atoms with van der Waals surface area (Å²) in [6.45, 7) is 6.89. The van der Waals surface area contributed by atoms with Crippen molar-refractivity contribution in [2.75, 3.05) is 0 Å². The molecule has 126 valence electrons. The van der Waals surface area contributed by atoms with Crippen molar-refractivity contribution in [3.05, 3.63) is 59.4 Å². The Labute approximate surface area is 142 Å². The number of benzene rings is 2. The standard InChI is InChI=1S/C18H21N3O2S/c1-4-21-14(3)18(13(2)20-21)12-19-24(22,23)17-10-9-15-7-5-6-8-16(15)11-17/h5-11,19H,4,12H2,1-3H3. The molecule has 0 bridgehead atoms. The van der Waals surface area contributed by atoms with E-state index in [0.29, 0.717) is 0 Å². The predicted octanol–water partition coefficient (Wildman–Crippen LogP) is 3.15. The van der Waals surface area contributed by atoms with E-state index in [0.717, 1.165) is 34.3 Å². The van der Waals surface area contributed by atoms with Gasteiger partial charge in [0.15, 0.2) is 0 Å². The molecule has 0 fully saturated rings. The van der Waals surface area contributed by atoms with E-state index in [2.05, 4.69) is 9.82 Å². The Morgan fingerprint density at radius 2 is 1.79 bits per heavy atom. The van der Waals surface area contributed by atoms with Crippen molar-refractivity contribution in [2.24, 2.45) is 0 Å². The van der Waals surface area contributed by atoms with Crippen molar-refractivity contribution in [3.8, 4) is 0 Å². The van der Waals surface area contributed by atoms with Crippen LogP contribution in [0.25, 0.3) is 10.8 Å². The third kappa shape index (κ3) is 3.07. The van der Waals surface area contributed by atoms with E-state index in [-0.39, 0.29) is 11.4 Å². The molecule has 0 saturated heterocycles. The van der Waals surface area contributed by atoms with Gasteiger partial charge in [0.2, 0.25) is 10.0 Å². The second kappa shape index (κ2) is 6.37. The van der Waals surface area contributed by atoms with Crippen molar-refractivity contribution in [2.45, 2.75) is 38.8 Å². The van der Waals surface area contributed by atoms with Gasteiger partial charge in [-0.15, -0.1) is 0 Å². The molecule has 1 heterocycles. The fourth-order valence-corrected chi connectivity index (χ4v) is 3.91. The number of hydrogen-bond donors (Lipinski definition) is 1. The number of aromatic nitrogens is 2. The lowest BCUT2D eigenvalue weighted by atomic mass is 10.1. The molecule has 0 unspecified atom stereocenters. The van der Waals surface area contributed by atoms with E-state index in [1.54, 1.807) is 12.1 Å². The summed E-state index contributed by atoms with van der Waals surface area (Å²) in [7, 11) is -3.57. The van der Waals surface area contributed by atoms with Crippen LogP contribution in [0.2, 0.25) is 0 Å². The monoisotopic (exact) mass is 343 g/mol. The fraction of sp³-hybridized carbons (Fsp3) is 0.278. The third-order valence-corrected chi connectivity index (χ3v) is 5.70. The van der Waals surface area contributed by atoms with Crippen LogP contribution in [-0.2, 0) is 23.1 Å². The van der Waals surface area contributed by atoms with Crippen LogP contribution in [0, 0.1) is 13.8 Å². The normalized spacial score (nSPS) is 12.0. The molecule has 2 aromatic carbocycles. The molecular formula is C18H21N3O2S. The van der Waals surface area contributed by atoms with Crippen LogP contribution in [0.1, 0.15) is 23.9 Å². The largest absolute Gasteiger partial charge is 0.270 e. The van der Waals surface area contributed by atoms with Gasteiger partial charge in [-0.2, -0.15) is 5.10 Å². The smallest absolute Gasteiger partial charge is 0.240 e. The Kier molecular flexibility index (Phi) is 4.43. The Balaban J connectivity index is 1.87. The van der Waals surface area contributed by atoms with Gasteiger partial charge >= 0.3 is 0 Å². The number of nitrogens with zero attached hydrogens (tertiary/aromatic N) is 2. The fourth-order valence-electron chi connectivity index (χ4n) is 2.88. The molecule has 0 radical (unpaired) electrons. The van der Waals surface area contributed by atoms with E-state index in [1.165, 1.54) is 0 Å². The molecule has 0 amide bonds. The topological polar surface area (TPSA) is 64.0 Å². The molecule has 0 aliphatic heterocycles. The molecule has 0 aliphatic rings. The first-order valence-electron chi connectivity index (χ1n) is 7.93. The van der Waals surface area contributed by atoms with Crippen LogP contribution >= 0.6 is 0 Å². The lowest BCUT2D eigenvalue weighted by Crippen LogP contribution is -2.23. The predicted molar refractivity (Wildman–Crippen MR) is 95.3 cm³/mol. The zero-order chi connectivity index (χ0) is 17.3. The van der Waals surface area contributed by atoms with E-state index in [9.17, 15) is 8.42 Å². The highest BCUT2D eigenvalue weighted by atomic mass is 32.2. The maximum absolute atomic E-state index is 12.6. The van der Waals surface area contributed by atoms with Crippen LogP contribution in [0.5, 0.6) is 0 Å². The van der Waals surface area contributed by atoms with E-state index < -0.39 is 10.0 Å². The van der Waals surface area contributed by atoms with Crippen LogP contribution in [0.4, 0.5) is 0 Å². The molecule has 0 aliphatic carbocycles. The summed E-state index contributed by atoms with van der Waals surface area (Å²) >= 11 is 0. The van der Waals surface area contributed by atoms with Crippen molar-refractivity contribution < 1.29 is 8.42 Å². The summed E-state index contributed by atoms with van der Waals surface area (Å²) < 4.78 is 29.8. The quantitative estimate of drug-likeness (QED) is 0.774. The van der Waals surface area contributed by atoms with Gasteiger partial charge in [-0.1, -0.05) is 30.3 Å². The Hall–Kier alpha value is -2.18. The number of sulfonamides is 1. The summed E-state index contributed by atoms with van der Waals surface area (Å²) in [4.78, 5) is 0.277. The SMILES string of the molecule is CCn1nc(C)c(CNS(=O)(=O)c2ccc3ccccc3c2)c1C. The summed E-state index contributed by atoms with van der Waals surface area (Å²) in [5.41, 5.74) is 2.79. The van der Waals surface area contributed by atoms with Crippen molar-refractivity contribution in [3.63, 3.8) is 0 Å². The Morgan fingerprint density at radius 1 is 1.08 bits per heavy atom. The van der Waals surface area contributed by atoms with Gasteiger partial charge in [-0.25, -0.2) is 13.1 Å². The second-order valence-corrected chi connectivity index (χ2v) is 7.57. The molecule has 0 spiro atoms. The van der Waals surface area contributed by atoms with Gasteiger partial charge in [0.1, 0.15) is 0 Å². The molecule has 0 saturated carbocycles. The molecule has 6 heteroatoms. The molecule has 0 atom stereocenters. The number of aryl methyl sites for hydroxylation is 2.